The average Bonchev–Trinajstić information content (AvgIpc) is 1.76. The van der Waals surface area contributed by atoms with Crippen LogP contribution in [0.1, 0.15) is 0 Å². The molecule has 0 heterocycles. The van der Waals surface area contributed by atoms with E-state index in [-0.39, 0.29) is 70.4 Å². The summed E-state index contributed by atoms with van der Waals surface area (Å²) in [6, 6.07) is 0. The molecule has 6 heteroatoms. The Labute approximate surface area is 148 Å². The normalized spacial score (nSPS) is 8.00. The van der Waals surface area contributed by atoms with Gasteiger partial charge in [-0.1, -0.05) is 78.6 Å². The number of rotatable bonds is 0. The van der Waals surface area contributed by atoms with Gasteiger partial charge in [-0.15, -0.1) is 0 Å². The first-order chi connectivity index (χ1) is 6.93. The van der Waals surface area contributed by atoms with Gasteiger partial charge in [0.05, 0.1) is 0 Å². The second-order valence-corrected chi connectivity index (χ2v) is 18.0. The zero-order valence-corrected chi connectivity index (χ0v) is 23.2. The van der Waals surface area contributed by atoms with Crippen molar-refractivity contribution in [3.05, 3.63) is 0 Å². The van der Waals surface area contributed by atoms with Crippen molar-refractivity contribution in [1.82, 2.24) is 0 Å². The van der Waals surface area contributed by atoms with E-state index >= 15 is 0 Å². The molecule has 108 valence electrons. The molecule has 0 bridgehead atoms. The van der Waals surface area contributed by atoms with Crippen molar-refractivity contribution < 1.29 is 0 Å². The fourth-order valence-electron chi connectivity index (χ4n) is 0. The van der Waals surface area contributed by atoms with Gasteiger partial charge >= 0.3 is 0 Å². The van der Waals surface area contributed by atoms with Crippen molar-refractivity contribution in [1.29, 1.82) is 0 Å². The molecular weight excluding hydrogens is 402 g/mol. The molecule has 0 aromatic heterocycles. The van der Waals surface area contributed by atoms with E-state index in [1.165, 1.54) is 0 Å². The zero-order valence-electron chi connectivity index (χ0n) is 15.0. The molecule has 0 aliphatic carbocycles. The summed E-state index contributed by atoms with van der Waals surface area (Å²) in [5.41, 5.74) is 0. The van der Waals surface area contributed by atoms with Crippen LogP contribution >= 0.6 is 0 Å². The third-order valence-electron chi connectivity index (χ3n) is 0. The average molecular weight is 438 g/mol. The van der Waals surface area contributed by atoms with E-state index < -0.39 is 0 Å². The van der Waals surface area contributed by atoms with Crippen LogP contribution in [0.25, 0.3) is 0 Å². The third-order valence-corrected chi connectivity index (χ3v) is 0. The zero-order chi connectivity index (χ0) is 14.3. The van der Waals surface area contributed by atoms with Crippen LogP contribution in [-0.4, -0.2) is 70.4 Å². The van der Waals surface area contributed by atoms with Crippen molar-refractivity contribution in [3.63, 3.8) is 0 Å². The predicted molar refractivity (Wildman–Crippen MR) is 105 cm³/mol. The Morgan fingerprint density at radius 2 is 0.278 bits per heavy atom. The Bertz CT molecular complexity index is 65.1. The van der Waals surface area contributed by atoms with E-state index in [1.54, 1.807) is 0 Å². The van der Waals surface area contributed by atoms with Crippen LogP contribution in [0.4, 0.5) is 0 Å². The van der Waals surface area contributed by atoms with Gasteiger partial charge in [-0.2, -0.15) is 0 Å². The van der Waals surface area contributed by atoms with Crippen LogP contribution in [0, 0.1) is 0 Å². The van der Waals surface area contributed by atoms with E-state index in [9.17, 15) is 0 Å². The number of hydrogen-bond donors (Lipinski definition) is 0. The molecule has 0 atom stereocenters. The fraction of sp³-hybridized carbons (Fsp3) is 1.00. The first-order valence-corrected chi connectivity index (χ1v) is 18.0. The first-order valence-electron chi connectivity index (χ1n) is 6.00. The second kappa shape index (κ2) is 31.4. The summed E-state index contributed by atoms with van der Waals surface area (Å²) >= 11 is 0. The standard InChI is InChI=1S/4C3H9Si.2Ge/c4*1-4(2)3;;/h4*1-3H3;;. The van der Waals surface area contributed by atoms with E-state index in [1.807, 2.05) is 0 Å². The quantitative estimate of drug-likeness (QED) is 0.481. The topological polar surface area (TPSA) is 0 Å². The third kappa shape index (κ3) is 1350. The van der Waals surface area contributed by atoms with Gasteiger partial charge in [0.15, 0.2) is 0 Å². The summed E-state index contributed by atoms with van der Waals surface area (Å²) in [5.74, 6) is 0. The molecule has 18 heavy (non-hydrogen) atoms. The molecule has 0 aromatic rings. The summed E-state index contributed by atoms with van der Waals surface area (Å²) in [4.78, 5) is 0. The molecule has 0 nitrogen and oxygen atoms in total. The van der Waals surface area contributed by atoms with Gasteiger partial charge in [-0.3, -0.25) is 0 Å². The van der Waals surface area contributed by atoms with Gasteiger partial charge < -0.3 is 0 Å². The minimum atomic E-state index is 0. The van der Waals surface area contributed by atoms with E-state index in [0.717, 1.165) is 0 Å². The Kier molecular flexibility index (Phi) is 64.2. The molecule has 0 spiro atoms. The van der Waals surface area contributed by atoms with Gasteiger partial charge in [-0.25, -0.2) is 0 Å². The maximum Gasteiger partial charge on any atom is 0.0379 e. The molecule has 0 unspecified atom stereocenters. The number of hydrogen-bond acceptors (Lipinski definition) is 0. The fourth-order valence-corrected chi connectivity index (χ4v) is 0. The molecule has 0 rings (SSSR count). The largest absolute Gasteiger partial charge is 0.0715 e. The van der Waals surface area contributed by atoms with E-state index in [2.05, 4.69) is 78.6 Å². The van der Waals surface area contributed by atoms with Gasteiger partial charge in [0.2, 0.25) is 0 Å². The molecule has 0 saturated carbocycles. The van der Waals surface area contributed by atoms with Gasteiger partial charge in [-0.05, 0) is 0 Å². The van der Waals surface area contributed by atoms with Crippen molar-refractivity contribution in [2.45, 2.75) is 78.6 Å². The van der Waals surface area contributed by atoms with E-state index in [0.29, 0.717) is 0 Å². The van der Waals surface area contributed by atoms with Gasteiger partial charge in [0, 0.05) is 70.4 Å². The molecule has 0 amide bonds. The summed E-state index contributed by atoms with van der Waals surface area (Å²) < 4.78 is 0. The summed E-state index contributed by atoms with van der Waals surface area (Å²) in [6.45, 7) is 27.2. The second-order valence-electron chi connectivity index (χ2n) is 6.00. The van der Waals surface area contributed by atoms with Crippen molar-refractivity contribution in [2.75, 3.05) is 0 Å². The minimum Gasteiger partial charge on any atom is -0.0715 e. The smallest absolute Gasteiger partial charge is 0.0379 e. The molecule has 12 radical (unpaired) electrons. The molecule has 0 fully saturated rings. The first kappa shape index (κ1) is 36.8. The molecule has 0 aromatic carbocycles. The van der Waals surface area contributed by atoms with E-state index in [4.69, 9.17) is 0 Å². The molecule has 0 saturated heterocycles. The molecular formula is C12H36Ge2Si4. The Morgan fingerprint density at radius 1 is 0.278 bits per heavy atom. The summed E-state index contributed by atoms with van der Waals surface area (Å²) in [7, 11) is 0.481. The van der Waals surface area contributed by atoms with Crippen LogP contribution in [0.5, 0.6) is 0 Å². The summed E-state index contributed by atoms with van der Waals surface area (Å²) in [6.07, 6.45) is 0. The maximum atomic E-state index is 2.27. The summed E-state index contributed by atoms with van der Waals surface area (Å²) in [5, 5.41) is 0. The SMILES string of the molecule is C[Si](C)C.C[Si](C)C.C[Si](C)C.C[Si](C)C.[Ge].[Ge]. The van der Waals surface area contributed by atoms with Crippen molar-refractivity contribution in [3.8, 4) is 0 Å². The van der Waals surface area contributed by atoms with Gasteiger partial charge in [0.25, 0.3) is 0 Å². The van der Waals surface area contributed by atoms with Crippen LogP contribution in [-0.2, 0) is 0 Å². The van der Waals surface area contributed by atoms with Crippen LogP contribution in [0.2, 0.25) is 78.6 Å². The predicted octanol–water partition coefficient (Wildman–Crippen LogP) is 4.72. The Morgan fingerprint density at radius 3 is 0.278 bits per heavy atom. The Balaban J connectivity index is -0.0000000257. The maximum absolute atomic E-state index is 2.27. The molecule has 0 aliphatic rings. The van der Waals surface area contributed by atoms with Crippen LogP contribution < -0.4 is 0 Å². The van der Waals surface area contributed by atoms with Crippen molar-refractivity contribution >= 4 is 70.4 Å². The van der Waals surface area contributed by atoms with Crippen molar-refractivity contribution in [2.24, 2.45) is 0 Å². The molecule has 0 aliphatic heterocycles. The monoisotopic (exact) mass is 440 g/mol. The minimum absolute atomic E-state index is 0. The molecule has 0 N–H and O–H groups in total. The Hall–Kier alpha value is 1.95. The van der Waals surface area contributed by atoms with Gasteiger partial charge in [0.1, 0.15) is 0 Å². The van der Waals surface area contributed by atoms with Crippen LogP contribution in [0.15, 0.2) is 0 Å². The van der Waals surface area contributed by atoms with Crippen LogP contribution in [0.3, 0.4) is 0 Å².